The van der Waals surface area contributed by atoms with Gasteiger partial charge in [-0.05, 0) is 50.1 Å². The molecule has 3 heteroatoms. The maximum atomic E-state index is 6.06. The topological polar surface area (TPSA) is 24.5 Å². The first-order valence-corrected chi connectivity index (χ1v) is 7.75. The summed E-state index contributed by atoms with van der Waals surface area (Å²) in [6.07, 6.45) is 1.12. The highest BCUT2D eigenvalue weighted by Crippen LogP contribution is 2.32. The zero-order chi connectivity index (χ0) is 14.2. The molecule has 0 bridgehead atoms. The molecule has 2 aliphatic rings. The molecule has 1 fully saturated rings. The zero-order valence-corrected chi connectivity index (χ0v) is 12.9. The standard InChI is InChI=1S/C17H26N2O/c1-13(2)19-10-17(3,11-19)12-20-16-5-4-15-9-18-7-6-14(15)8-16/h4-5,8,13,18H,6-7,9-12H2,1-3H3. The van der Waals surface area contributed by atoms with Crippen molar-refractivity contribution in [1.29, 1.82) is 0 Å². The largest absolute Gasteiger partial charge is 0.493 e. The SMILES string of the molecule is CC(C)N1CC(C)(COc2ccc3c(c2)CCNC3)C1. The predicted molar refractivity (Wildman–Crippen MR) is 82.2 cm³/mol. The lowest BCUT2D eigenvalue weighted by Crippen LogP contribution is -2.59. The van der Waals surface area contributed by atoms with Crippen LogP contribution in [0, 0.1) is 5.41 Å². The van der Waals surface area contributed by atoms with E-state index in [0.717, 1.165) is 45.0 Å². The predicted octanol–water partition coefficient (Wildman–Crippen LogP) is 2.44. The van der Waals surface area contributed by atoms with Gasteiger partial charge in [0.1, 0.15) is 5.75 Å². The average Bonchev–Trinajstić information content (AvgIpc) is 2.41. The summed E-state index contributed by atoms with van der Waals surface area (Å²) in [5.41, 5.74) is 3.19. The fourth-order valence-electron chi connectivity index (χ4n) is 3.19. The number of nitrogens with one attached hydrogen (secondary N) is 1. The molecule has 0 spiro atoms. The molecule has 0 unspecified atom stereocenters. The van der Waals surface area contributed by atoms with Crippen molar-refractivity contribution in [2.24, 2.45) is 5.41 Å². The van der Waals surface area contributed by atoms with Gasteiger partial charge >= 0.3 is 0 Å². The molecule has 0 aliphatic carbocycles. The normalized spacial score (nSPS) is 21.4. The summed E-state index contributed by atoms with van der Waals surface area (Å²) in [5, 5.41) is 3.40. The first-order valence-electron chi connectivity index (χ1n) is 7.75. The van der Waals surface area contributed by atoms with Gasteiger partial charge in [-0.2, -0.15) is 0 Å². The molecule has 1 N–H and O–H groups in total. The van der Waals surface area contributed by atoms with Gasteiger partial charge in [-0.1, -0.05) is 13.0 Å². The number of benzene rings is 1. The summed E-state index contributed by atoms with van der Waals surface area (Å²) >= 11 is 0. The Morgan fingerprint density at radius 2 is 2.10 bits per heavy atom. The van der Waals surface area contributed by atoms with Crippen LogP contribution in [0.4, 0.5) is 0 Å². The summed E-state index contributed by atoms with van der Waals surface area (Å²) < 4.78 is 6.06. The lowest BCUT2D eigenvalue weighted by Gasteiger charge is -2.49. The third-order valence-corrected chi connectivity index (χ3v) is 4.55. The van der Waals surface area contributed by atoms with Crippen LogP contribution in [0.1, 0.15) is 31.9 Å². The molecule has 1 saturated heterocycles. The van der Waals surface area contributed by atoms with Crippen LogP contribution in [-0.4, -0.2) is 37.2 Å². The van der Waals surface area contributed by atoms with Crippen molar-refractivity contribution in [2.45, 2.75) is 39.8 Å². The van der Waals surface area contributed by atoms with E-state index in [0.29, 0.717) is 11.5 Å². The van der Waals surface area contributed by atoms with E-state index >= 15 is 0 Å². The molecule has 0 atom stereocenters. The van der Waals surface area contributed by atoms with Gasteiger partial charge in [0, 0.05) is 31.1 Å². The lowest BCUT2D eigenvalue weighted by atomic mass is 9.82. The number of nitrogens with zero attached hydrogens (tertiary/aromatic N) is 1. The molecular formula is C17H26N2O. The van der Waals surface area contributed by atoms with E-state index in [9.17, 15) is 0 Å². The van der Waals surface area contributed by atoms with Gasteiger partial charge in [0.15, 0.2) is 0 Å². The Hall–Kier alpha value is -1.06. The lowest BCUT2D eigenvalue weighted by molar-refractivity contribution is -0.0376. The van der Waals surface area contributed by atoms with E-state index in [-0.39, 0.29) is 0 Å². The van der Waals surface area contributed by atoms with Crippen molar-refractivity contribution in [2.75, 3.05) is 26.2 Å². The molecule has 1 aromatic rings. The Labute approximate surface area is 122 Å². The van der Waals surface area contributed by atoms with Crippen LogP contribution in [0.3, 0.4) is 0 Å². The third kappa shape index (κ3) is 2.84. The van der Waals surface area contributed by atoms with E-state index in [1.807, 2.05) is 0 Å². The van der Waals surface area contributed by atoms with E-state index in [1.54, 1.807) is 0 Å². The minimum atomic E-state index is 0.321. The number of fused-ring (bicyclic) bond motifs is 1. The second kappa shape index (κ2) is 5.38. The van der Waals surface area contributed by atoms with Crippen LogP contribution in [0.2, 0.25) is 0 Å². The molecule has 2 aliphatic heterocycles. The van der Waals surface area contributed by atoms with Crippen molar-refractivity contribution in [3.05, 3.63) is 29.3 Å². The van der Waals surface area contributed by atoms with Gasteiger partial charge < -0.3 is 10.1 Å². The van der Waals surface area contributed by atoms with Gasteiger partial charge in [-0.25, -0.2) is 0 Å². The van der Waals surface area contributed by atoms with Crippen LogP contribution < -0.4 is 10.1 Å². The molecule has 3 rings (SSSR count). The summed E-state index contributed by atoms with van der Waals surface area (Å²) in [5.74, 6) is 1.04. The quantitative estimate of drug-likeness (QED) is 0.912. The maximum absolute atomic E-state index is 6.06. The second-order valence-corrected chi connectivity index (χ2v) is 6.96. The van der Waals surface area contributed by atoms with Gasteiger partial charge in [0.05, 0.1) is 6.61 Å². The van der Waals surface area contributed by atoms with Crippen molar-refractivity contribution >= 4 is 0 Å². The average molecular weight is 274 g/mol. The second-order valence-electron chi connectivity index (χ2n) is 6.96. The number of likely N-dealkylation sites (tertiary alicyclic amines) is 1. The third-order valence-electron chi connectivity index (χ3n) is 4.55. The minimum Gasteiger partial charge on any atom is -0.493 e. The summed E-state index contributed by atoms with van der Waals surface area (Å²) in [6, 6.07) is 7.21. The highest BCUT2D eigenvalue weighted by atomic mass is 16.5. The fourth-order valence-corrected chi connectivity index (χ4v) is 3.19. The molecule has 0 radical (unpaired) electrons. The van der Waals surface area contributed by atoms with E-state index in [4.69, 9.17) is 4.74 Å². The summed E-state index contributed by atoms with van der Waals surface area (Å²) in [6.45, 7) is 12.1. The summed E-state index contributed by atoms with van der Waals surface area (Å²) in [4.78, 5) is 2.50. The number of hydrogen-bond acceptors (Lipinski definition) is 3. The Balaban J connectivity index is 1.57. The van der Waals surface area contributed by atoms with E-state index < -0.39 is 0 Å². The Morgan fingerprint density at radius 1 is 1.30 bits per heavy atom. The van der Waals surface area contributed by atoms with Gasteiger partial charge in [0.25, 0.3) is 0 Å². The van der Waals surface area contributed by atoms with Crippen molar-refractivity contribution in [3.8, 4) is 5.75 Å². The molecule has 0 aromatic heterocycles. The van der Waals surface area contributed by atoms with Crippen LogP contribution in [0.25, 0.3) is 0 Å². The molecule has 20 heavy (non-hydrogen) atoms. The zero-order valence-electron chi connectivity index (χ0n) is 12.9. The monoisotopic (exact) mass is 274 g/mol. The minimum absolute atomic E-state index is 0.321. The van der Waals surface area contributed by atoms with Crippen LogP contribution in [0.15, 0.2) is 18.2 Å². The molecule has 0 saturated carbocycles. The first-order chi connectivity index (χ1) is 9.56. The molecule has 0 amide bonds. The number of hydrogen-bond donors (Lipinski definition) is 1. The van der Waals surface area contributed by atoms with Crippen molar-refractivity contribution < 1.29 is 4.74 Å². The molecule has 1 aromatic carbocycles. The Kier molecular flexibility index (Phi) is 3.74. The Morgan fingerprint density at radius 3 is 2.85 bits per heavy atom. The number of ether oxygens (including phenoxy) is 1. The highest BCUT2D eigenvalue weighted by molar-refractivity contribution is 5.37. The van der Waals surface area contributed by atoms with E-state index in [1.165, 1.54) is 11.1 Å². The fraction of sp³-hybridized carbons (Fsp3) is 0.647. The summed E-state index contributed by atoms with van der Waals surface area (Å²) in [7, 11) is 0. The molecule has 110 valence electrons. The molecule has 2 heterocycles. The van der Waals surface area contributed by atoms with Crippen LogP contribution >= 0.6 is 0 Å². The first kappa shape index (κ1) is 13.9. The molecular weight excluding hydrogens is 248 g/mol. The van der Waals surface area contributed by atoms with E-state index in [2.05, 4.69) is 49.2 Å². The highest BCUT2D eigenvalue weighted by Gasteiger charge is 2.40. The van der Waals surface area contributed by atoms with Crippen molar-refractivity contribution in [1.82, 2.24) is 10.2 Å². The van der Waals surface area contributed by atoms with Crippen molar-refractivity contribution in [3.63, 3.8) is 0 Å². The van der Waals surface area contributed by atoms with Crippen LogP contribution in [0.5, 0.6) is 5.75 Å². The molecule has 3 nitrogen and oxygen atoms in total. The van der Waals surface area contributed by atoms with Gasteiger partial charge in [-0.15, -0.1) is 0 Å². The smallest absolute Gasteiger partial charge is 0.119 e. The van der Waals surface area contributed by atoms with Crippen LogP contribution in [-0.2, 0) is 13.0 Å². The van der Waals surface area contributed by atoms with Gasteiger partial charge in [0.2, 0.25) is 0 Å². The van der Waals surface area contributed by atoms with Gasteiger partial charge in [-0.3, -0.25) is 4.90 Å². The Bertz CT molecular complexity index is 478. The number of rotatable bonds is 4. The maximum Gasteiger partial charge on any atom is 0.119 e.